The van der Waals surface area contributed by atoms with Crippen LogP contribution in [0.4, 0.5) is 5.69 Å². The van der Waals surface area contributed by atoms with Crippen molar-refractivity contribution in [3.8, 4) is 5.88 Å². The van der Waals surface area contributed by atoms with Crippen molar-refractivity contribution in [2.24, 2.45) is 0 Å². The predicted octanol–water partition coefficient (Wildman–Crippen LogP) is 1.81. The van der Waals surface area contributed by atoms with Crippen molar-refractivity contribution in [3.05, 3.63) is 30.5 Å². The van der Waals surface area contributed by atoms with E-state index in [1.54, 1.807) is 13.3 Å². The third-order valence-corrected chi connectivity index (χ3v) is 2.15. The van der Waals surface area contributed by atoms with E-state index < -0.39 is 0 Å². The van der Waals surface area contributed by atoms with Crippen molar-refractivity contribution < 1.29 is 9.53 Å². The summed E-state index contributed by atoms with van der Waals surface area (Å²) < 4.78 is 5.13. The van der Waals surface area contributed by atoms with Gasteiger partial charge in [-0.2, -0.15) is 0 Å². The van der Waals surface area contributed by atoms with E-state index in [9.17, 15) is 4.79 Å². The number of amides is 1. The van der Waals surface area contributed by atoms with Gasteiger partial charge in [0.1, 0.15) is 0 Å². The zero-order valence-corrected chi connectivity index (χ0v) is 8.23. The van der Waals surface area contributed by atoms with Gasteiger partial charge in [-0.3, -0.25) is 4.79 Å². The Morgan fingerprint density at radius 3 is 3.00 bits per heavy atom. The van der Waals surface area contributed by atoms with Crippen LogP contribution in [0.3, 0.4) is 0 Å². The van der Waals surface area contributed by atoms with E-state index in [-0.39, 0.29) is 0 Å². The number of fused-ring (bicyclic) bond motifs is 1. The summed E-state index contributed by atoms with van der Waals surface area (Å²) in [7, 11) is 1.57. The summed E-state index contributed by atoms with van der Waals surface area (Å²) >= 11 is 0. The quantitative estimate of drug-likeness (QED) is 0.772. The van der Waals surface area contributed by atoms with Crippen LogP contribution in [-0.4, -0.2) is 18.5 Å². The van der Waals surface area contributed by atoms with Crippen LogP contribution in [-0.2, 0) is 4.79 Å². The molecule has 76 valence electrons. The van der Waals surface area contributed by atoms with E-state index >= 15 is 0 Å². The predicted molar refractivity (Wildman–Crippen MR) is 58.0 cm³/mol. The molecule has 15 heavy (non-hydrogen) atoms. The fourth-order valence-corrected chi connectivity index (χ4v) is 1.46. The van der Waals surface area contributed by atoms with Crippen LogP contribution in [0.2, 0.25) is 0 Å². The maximum absolute atomic E-state index is 10.3. The lowest BCUT2D eigenvalue weighted by Gasteiger charge is -2.05. The molecule has 0 fully saturated rings. The molecular formula is C11H10N2O2. The summed E-state index contributed by atoms with van der Waals surface area (Å²) in [6, 6.07) is 7.46. The molecule has 0 aliphatic carbocycles. The van der Waals surface area contributed by atoms with Gasteiger partial charge in [-0.25, -0.2) is 4.98 Å². The lowest BCUT2D eigenvalue weighted by Crippen LogP contribution is -1.94. The van der Waals surface area contributed by atoms with Crippen LogP contribution >= 0.6 is 0 Å². The Labute approximate surface area is 86.9 Å². The van der Waals surface area contributed by atoms with Gasteiger partial charge in [0.25, 0.3) is 0 Å². The largest absolute Gasteiger partial charge is 0.481 e. The van der Waals surface area contributed by atoms with Crippen molar-refractivity contribution in [2.45, 2.75) is 0 Å². The number of nitrogens with zero attached hydrogens (tertiary/aromatic N) is 1. The van der Waals surface area contributed by atoms with Crippen molar-refractivity contribution >= 4 is 22.9 Å². The van der Waals surface area contributed by atoms with Crippen molar-refractivity contribution in [3.63, 3.8) is 0 Å². The SMILES string of the molecule is COc1nccc2ccc(NC=O)cc12. The molecule has 2 aromatic rings. The van der Waals surface area contributed by atoms with Gasteiger partial charge < -0.3 is 10.1 Å². The molecule has 2 rings (SSSR count). The first kappa shape index (κ1) is 9.45. The van der Waals surface area contributed by atoms with E-state index in [0.717, 1.165) is 16.5 Å². The number of carbonyl (C=O) groups excluding carboxylic acids is 1. The van der Waals surface area contributed by atoms with Crippen LogP contribution < -0.4 is 10.1 Å². The summed E-state index contributed by atoms with van der Waals surface area (Å²) in [6.07, 6.45) is 2.33. The molecule has 0 unspecified atom stereocenters. The summed E-state index contributed by atoms with van der Waals surface area (Å²) in [5, 5.41) is 4.49. The van der Waals surface area contributed by atoms with Gasteiger partial charge in [-0.1, -0.05) is 6.07 Å². The second-order valence-electron chi connectivity index (χ2n) is 3.02. The number of benzene rings is 1. The summed E-state index contributed by atoms with van der Waals surface area (Å²) in [6.45, 7) is 0. The van der Waals surface area contributed by atoms with E-state index in [2.05, 4.69) is 10.3 Å². The van der Waals surface area contributed by atoms with Gasteiger partial charge in [-0.05, 0) is 23.6 Å². The van der Waals surface area contributed by atoms with Gasteiger partial charge in [-0.15, -0.1) is 0 Å². The molecule has 0 aliphatic rings. The number of hydrogen-bond donors (Lipinski definition) is 1. The average molecular weight is 202 g/mol. The normalized spacial score (nSPS) is 9.93. The highest BCUT2D eigenvalue weighted by Crippen LogP contribution is 2.25. The number of pyridine rings is 1. The standard InChI is InChI=1S/C11H10N2O2/c1-15-11-10-6-9(13-7-14)3-2-8(10)4-5-12-11/h2-7H,1H3,(H,13,14). The summed E-state index contributed by atoms with van der Waals surface area (Å²) in [4.78, 5) is 14.4. The minimum atomic E-state index is 0.557. The Morgan fingerprint density at radius 2 is 2.27 bits per heavy atom. The van der Waals surface area contributed by atoms with Crippen molar-refractivity contribution in [1.29, 1.82) is 0 Å². The Morgan fingerprint density at radius 1 is 1.40 bits per heavy atom. The highest BCUT2D eigenvalue weighted by atomic mass is 16.5. The molecule has 0 spiro atoms. The molecule has 4 nitrogen and oxygen atoms in total. The number of methoxy groups -OCH3 is 1. The Bertz CT molecular complexity index is 497. The number of hydrogen-bond acceptors (Lipinski definition) is 3. The first-order chi connectivity index (χ1) is 7.35. The fraction of sp³-hybridized carbons (Fsp3) is 0.0909. The number of anilines is 1. The molecule has 4 heteroatoms. The monoisotopic (exact) mass is 202 g/mol. The Hall–Kier alpha value is -2.10. The third-order valence-electron chi connectivity index (χ3n) is 2.15. The second kappa shape index (κ2) is 3.96. The molecule has 1 heterocycles. The van der Waals surface area contributed by atoms with Gasteiger partial charge >= 0.3 is 0 Å². The van der Waals surface area contributed by atoms with E-state index in [1.807, 2.05) is 24.3 Å². The molecule has 0 aliphatic heterocycles. The molecule has 1 aromatic heterocycles. The lowest BCUT2D eigenvalue weighted by atomic mass is 10.1. The van der Waals surface area contributed by atoms with Crippen LogP contribution in [0.1, 0.15) is 0 Å². The van der Waals surface area contributed by atoms with Gasteiger partial charge in [0, 0.05) is 17.3 Å². The summed E-state index contributed by atoms with van der Waals surface area (Å²) in [5.74, 6) is 0.557. The molecule has 1 N–H and O–H groups in total. The van der Waals surface area contributed by atoms with Crippen LogP contribution in [0, 0.1) is 0 Å². The van der Waals surface area contributed by atoms with Gasteiger partial charge in [0.2, 0.25) is 12.3 Å². The Kier molecular flexibility index (Phi) is 2.49. The maximum Gasteiger partial charge on any atom is 0.221 e. The molecule has 1 amide bonds. The van der Waals surface area contributed by atoms with Crippen LogP contribution in [0.25, 0.3) is 10.8 Å². The number of nitrogens with one attached hydrogen (secondary N) is 1. The van der Waals surface area contributed by atoms with Crippen molar-refractivity contribution in [1.82, 2.24) is 4.98 Å². The number of carbonyl (C=O) groups is 1. The zero-order valence-electron chi connectivity index (χ0n) is 8.23. The highest BCUT2D eigenvalue weighted by molar-refractivity contribution is 5.91. The fourth-order valence-electron chi connectivity index (χ4n) is 1.46. The van der Waals surface area contributed by atoms with E-state index in [4.69, 9.17) is 4.74 Å². The first-order valence-electron chi connectivity index (χ1n) is 4.48. The zero-order chi connectivity index (χ0) is 10.7. The number of aromatic nitrogens is 1. The molecule has 0 atom stereocenters. The summed E-state index contributed by atoms with van der Waals surface area (Å²) in [5.41, 5.74) is 0.726. The molecule has 0 bridgehead atoms. The minimum absolute atomic E-state index is 0.557. The van der Waals surface area contributed by atoms with Crippen molar-refractivity contribution in [2.75, 3.05) is 12.4 Å². The molecule has 1 aromatic carbocycles. The van der Waals surface area contributed by atoms with E-state index in [0.29, 0.717) is 12.3 Å². The molecular weight excluding hydrogens is 192 g/mol. The number of ether oxygens (including phenoxy) is 1. The molecule has 0 radical (unpaired) electrons. The van der Waals surface area contributed by atoms with Gasteiger partial charge in [0.15, 0.2) is 0 Å². The topological polar surface area (TPSA) is 51.2 Å². The molecule has 0 saturated carbocycles. The second-order valence-corrected chi connectivity index (χ2v) is 3.02. The highest BCUT2D eigenvalue weighted by Gasteiger charge is 2.02. The maximum atomic E-state index is 10.3. The smallest absolute Gasteiger partial charge is 0.221 e. The average Bonchev–Trinajstić information content (AvgIpc) is 2.28. The third kappa shape index (κ3) is 1.74. The van der Waals surface area contributed by atoms with E-state index in [1.165, 1.54) is 0 Å². The Balaban J connectivity index is 2.61. The lowest BCUT2D eigenvalue weighted by molar-refractivity contribution is -0.105. The molecule has 0 saturated heterocycles. The van der Waals surface area contributed by atoms with Gasteiger partial charge in [0.05, 0.1) is 7.11 Å². The van der Waals surface area contributed by atoms with Crippen LogP contribution in [0.5, 0.6) is 5.88 Å². The number of rotatable bonds is 3. The first-order valence-corrected chi connectivity index (χ1v) is 4.48. The van der Waals surface area contributed by atoms with Crippen LogP contribution in [0.15, 0.2) is 30.5 Å². The minimum Gasteiger partial charge on any atom is -0.481 e.